The van der Waals surface area contributed by atoms with Crippen LogP contribution in [-0.4, -0.2) is 29.4 Å². The number of hydrogen-bond acceptors (Lipinski definition) is 4. The second-order valence-corrected chi connectivity index (χ2v) is 13.3. The Kier molecular flexibility index (Phi) is 9.38. The normalized spacial score (nSPS) is 25.3. The van der Waals surface area contributed by atoms with Gasteiger partial charge in [-0.25, -0.2) is 0 Å². The van der Waals surface area contributed by atoms with E-state index < -0.39 is 11.5 Å². The first-order valence-electron chi connectivity index (χ1n) is 14.5. The monoisotopic (exact) mass is 552 g/mol. The van der Waals surface area contributed by atoms with Crippen LogP contribution in [0.25, 0.3) is 0 Å². The van der Waals surface area contributed by atoms with Crippen molar-refractivity contribution in [3.05, 3.63) is 58.9 Å². The van der Waals surface area contributed by atoms with Crippen molar-refractivity contribution < 1.29 is 9.59 Å². The third kappa shape index (κ3) is 7.01. The number of rotatable bonds is 9. The number of carbonyl (C=O) groups excluding carboxylic acids is 2. The molecule has 2 aliphatic rings. The zero-order chi connectivity index (χ0) is 28.2. The standard InChI is InChI=1S/C32H45ClN4O2/c1-21(2)15-23-17-24(19-31(4,18-23)30(39)37-25-9-13-35-14-10-25)28(34)29(38)36-20-32(11-5-6-12-32)26-8-7-22(3)16-27(26)33/h7-10,13-14,16,21,23-24,28H,5-6,11-12,15,17-20,34H2,1-4H3,(H,36,38)(H,35,37,39). The van der Waals surface area contributed by atoms with Crippen LogP contribution in [0.15, 0.2) is 42.7 Å². The van der Waals surface area contributed by atoms with Gasteiger partial charge in [-0.15, -0.1) is 0 Å². The van der Waals surface area contributed by atoms with Gasteiger partial charge in [-0.3, -0.25) is 14.6 Å². The quantitative estimate of drug-likeness (QED) is 0.335. The highest BCUT2D eigenvalue weighted by Crippen LogP contribution is 2.46. The summed E-state index contributed by atoms with van der Waals surface area (Å²) in [7, 11) is 0. The molecule has 1 aromatic heterocycles. The smallest absolute Gasteiger partial charge is 0.237 e. The van der Waals surface area contributed by atoms with Crippen LogP contribution in [0.5, 0.6) is 0 Å². The van der Waals surface area contributed by atoms with Crippen LogP contribution in [0, 0.1) is 30.1 Å². The first-order chi connectivity index (χ1) is 18.5. The number of nitrogens with two attached hydrogens (primary N) is 1. The van der Waals surface area contributed by atoms with E-state index in [1.54, 1.807) is 24.5 Å². The predicted octanol–water partition coefficient (Wildman–Crippen LogP) is 6.41. The Balaban J connectivity index is 1.48. The molecule has 1 heterocycles. The van der Waals surface area contributed by atoms with Gasteiger partial charge in [0.15, 0.2) is 0 Å². The molecule has 4 atom stereocenters. The molecule has 39 heavy (non-hydrogen) atoms. The number of anilines is 1. The molecule has 0 spiro atoms. The molecule has 0 bridgehead atoms. The van der Waals surface area contributed by atoms with Crippen molar-refractivity contribution in [2.75, 3.05) is 11.9 Å². The highest BCUT2D eigenvalue weighted by molar-refractivity contribution is 6.31. The van der Waals surface area contributed by atoms with Crippen LogP contribution in [-0.2, 0) is 15.0 Å². The first kappa shape index (κ1) is 29.5. The van der Waals surface area contributed by atoms with Crippen molar-refractivity contribution >= 4 is 29.1 Å². The van der Waals surface area contributed by atoms with Gasteiger partial charge in [-0.2, -0.15) is 0 Å². The maximum absolute atomic E-state index is 13.5. The van der Waals surface area contributed by atoms with Crippen LogP contribution in [0.4, 0.5) is 5.69 Å². The molecule has 2 saturated carbocycles. The largest absolute Gasteiger partial charge is 0.354 e. The van der Waals surface area contributed by atoms with Crippen molar-refractivity contribution in [1.29, 1.82) is 0 Å². The Morgan fingerprint density at radius 3 is 2.46 bits per heavy atom. The van der Waals surface area contributed by atoms with Gasteiger partial charge in [0.1, 0.15) is 0 Å². The third-order valence-corrected chi connectivity index (χ3v) is 9.36. The Morgan fingerprint density at radius 1 is 1.13 bits per heavy atom. The number of benzene rings is 1. The summed E-state index contributed by atoms with van der Waals surface area (Å²) in [5, 5.41) is 7.07. The Morgan fingerprint density at radius 2 is 1.82 bits per heavy atom. The molecule has 4 rings (SSSR count). The summed E-state index contributed by atoms with van der Waals surface area (Å²) in [6.45, 7) is 9.02. The average molecular weight is 553 g/mol. The summed E-state index contributed by atoms with van der Waals surface area (Å²) in [5.74, 6) is 0.629. The van der Waals surface area contributed by atoms with Crippen molar-refractivity contribution in [1.82, 2.24) is 10.3 Å². The molecule has 6 nitrogen and oxygen atoms in total. The lowest BCUT2D eigenvalue weighted by Gasteiger charge is -2.43. The van der Waals surface area contributed by atoms with E-state index in [0.29, 0.717) is 24.8 Å². The summed E-state index contributed by atoms with van der Waals surface area (Å²) < 4.78 is 0. The van der Waals surface area contributed by atoms with Gasteiger partial charge in [0.05, 0.1) is 6.04 Å². The van der Waals surface area contributed by atoms with Gasteiger partial charge >= 0.3 is 0 Å². The topological polar surface area (TPSA) is 97.1 Å². The van der Waals surface area contributed by atoms with Crippen molar-refractivity contribution in [3.63, 3.8) is 0 Å². The van der Waals surface area contributed by atoms with Crippen molar-refractivity contribution in [2.24, 2.45) is 28.9 Å². The molecule has 2 aliphatic carbocycles. The minimum Gasteiger partial charge on any atom is -0.354 e. The summed E-state index contributed by atoms with van der Waals surface area (Å²) in [6, 6.07) is 9.17. The second kappa shape index (κ2) is 12.4. The predicted molar refractivity (Wildman–Crippen MR) is 159 cm³/mol. The van der Waals surface area contributed by atoms with Crippen molar-refractivity contribution in [2.45, 2.75) is 90.5 Å². The van der Waals surface area contributed by atoms with Gasteiger partial charge in [-0.05, 0) is 92.5 Å². The summed E-state index contributed by atoms with van der Waals surface area (Å²) in [5.41, 5.74) is 8.92. The van der Waals surface area contributed by atoms with Crippen molar-refractivity contribution in [3.8, 4) is 0 Å². The number of nitrogens with one attached hydrogen (secondary N) is 2. The molecule has 2 amide bonds. The fourth-order valence-electron chi connectivity index (χ4n) is 7.15. The molecule has 2 fully saturated rings. The van der Waals surface area contributed by atoms with Crippen LogP contribution in [0.2, 0.25) is 5.02 Å². The number of pyridine rings is 1. The zero-order valence-electron chi connectivity index (χ0n) is 23.9. The number of carbonyl (C=O) groups is 2. The number of amides is 2. The van der Waals surface area contributed by atoms with E-state index in [1.165, 1.54) is 0 Å². The molecule has 7 heteroatoms. The molecule has 2 aromatic rings. The fraction of sp³-hybridized carbons (Fsp3) is 0.594. The van der Waals surface area contributed by atoms with E-state index in [1.807, 2.05) is 19.9 Å². The molecule has 0 aliphatic heterocycles. The molecule has 4 N–H and O–H groups in total. The Labute approximate surface area is 238 Å². The van der Waals surface area contributed by atoms with Crippen LogP contribution in [0.3, 0.4) is 0 Å². The second-order valence-electron chi connectivity index (χ2n) is 12.9. The first-order valence-corrected chi connectivity index (χ1v) is 14.9. The van der Waals surface area contributed by atoms with Gasteiger partial charge < -0.3 is 16.4 Å². The average Bonchev–Trinajstić information content (AvgIpc) is 3.36. The van der Waals surface area contributed by atoms with E-state index in [-0.39, 0.29) is 23.1 Å². The van der Waals surface area contributed by atoms with E-state index in [4.69, 9.17) is 17.3 Å². The van der Waals surface area contributed by atoms with Crippen LogP contribution < -0.4 is 16.4 Å². The molecule has 4 unspecified atom stereocenters. The number of halogens is 1. The minimum atomic E-state index is -0.667. The summed E-state index contributed by atoms with van der Waals surface area (Å²) in [6.07, 6.45) is 10.8. The molecular formula is C32H45ClN4O2. The highest BCUT2D eigenvalue weighted by Gasteiger charge is 2.46. The highest BCUT2D eigenvalue weighted by atomic mass is 35.5. The van der Waals surface area contributed by atoms with E-state index in [0.717, 1.165) is 66.8 Å². The molecule has 1 aromatic carbocycles. The zero-order valence-corrected chi connectivity index (χ0v) is 24.7. The van der Waals surface area contributed by atoms with E-state index in [9.17, 15) is 9.59 Å². The van der Waals surface area contributed by atoms with Gasteiger partial charge in [0, 0.05) is 40.5 Å². The van der Waals surface area contributed by atoms with Crippen LogP contribution in [0.1, 0.15) is 83.3 Å². The summed E-state index contributed by atoms with van der Waals surface area (Å²) >= 11 is 6.70. The van der Waals surface area contributed by atoms with E-state index >= 15 is 0 Å². The van der Waals surface area contributed by atoms with Gasteiger partial charge in [-0.1, -0.05) is 57.3 Å². The number of nitrogens with zero attached hydrogens (tertiary/aromatic N) is 1. The van der Waals surface area contributed by atoms with Gasteiger partial charge in [0.25, 0.3) is 0 Å². The number of aryl methyl sites for hydroxylation is 1. The maximum Gasteiger partial charge on any atom is 0.237 e. The third-order valence-electron chi connectivity index (χ3n) is 9.05. The summed E-state index contributed by atoms with van der Waals surface area (Å²) in [4.78, 5) is 31.1. The fourth-order valence-corrected chi connectivity index (χ4v) is 7.58. The molecular weight excluding hydrogens is 508 g/mol. The van der Waals surface area contributed by atoms with Gasteiger partial charge in [0.2, 0.25) is 11.8 Å². The Bertz CT molecular complexity index is 1150. The number of hydrogen-bond donors (Lipinski definition) is 3. The SMILES string of the molecule is Cc1ccc(C2(CNC(=O)C(N)C3CC(CC(C)C)CC(C)(C(=O)Nc4ccncc4)C3)CCCC2)c(Cl)c1. The van der Waals surface area contributed by atoms with E-state index in [2.05, 4.69) is 41.6 Å². The molecule has 0 saturated heterocycles. The molecule has 212 valence electrons. The lowest BCUT2D eigenvalue weighted by Crippen LogP contribution is -2.53. The lowest BCUT2D eigenvalue weighted by molar-refractivity contribution is -0.131. The lowest BCUT2D eigenvalue weighted by atomic mass is 9.62. The minimum absolute atomic E-state index is 0.0151. The van der Waals surface area contributed by atoms with Crippen LogP contribution >= 0.6 is 11.6 Å². The Hall–Kier alpha value is -2.44. The maximum atomic E-state index is 13.5. The molecule has 0 radical (unpaired) electrons. The number of aromatic nitrogens is 1.